The van der Waals surface area contributed by atoms with Crippen LogP contribution >= 0.6 is 0 Å². The lowest BCUT2D eigenvalue weighted by Crippen LogP contribution is -2.59. The maximum absolute atomic E-state index is 12.1. The van der Waals surface area contributed by atoms with E-state index in [9.17, 15) is 38.5 Å². The standard InChI is InChI=1S/C32H56O11S/c1-16(2)25(42-30-29(37)28(36)24(35)15-41-30)7-6-17(3)21-14-26(43-44(38,39)40)27-19-13-23(34)22-12-18(33)8-10-31(22,4)20(19)9-11-32(21,27)5/h16-30,33-37H,6-15H2,1-5H3,(H,38,39,40)/t17-,18+,19+,20+,21-,22-,23+,24-,25+,26+,27-,28+,29-,30+,31-,32-/m1/s1. The van der Waals surface area contributed by atoms with Crippen LogP contribution in [0, 0.1) is 52.3 Å². The maximum Gasteiger partial charge on any atom is 0.397 e. The second-order valence-electron chi connectivity index (χ2n) is 15.8. The van der Waals surface area contributed by atoms with Crippen molar-refractivity contribution in [1.29, 1.82) is 0 Å². The highest BCUT2D eigenvalue weighted by molar-refractivity contribution is 7.80. The Balaban J connectivity index is 1.34. The summed E-state index contributed by atoms with van der Waals surface area (Å²) in [7, 11) is -4.69. The number of aliphatic hydroxyl groups is 5. The van der Waals surface area contributed by atoms with E-state index in [0.29, 0.717) is 32.1 Å². The Morgan fingerprint density at radius 3 is 2.20 bits per heavy atom. The number of hydrogen-bond donors (Lipinski definition) is 6. The summed E-state index contributed by atoms with van der Waals surface area (Å²) in [5.41, 5.74) is -0.406. The first-order chi connectivity index (χ1) is 20.5. The van der Waals surface area contributed by atoms with Crippen molar-refractivity contribution in [2.75, 3.05) is 6.61 Å². The molecular weight excluding hydrogens is 592 g/mol. The molecule has 12 heteroatoms. The molecular formula is C32H56O11S. The second-order valence-corrected chi connectivity index (χ2v) is 16.9. The van der Waals surface area contributed by atoms with Gasteiger partial charge in [-0.15, -0.1) is 0 Å². The maximum atomic E-state index is 12.1. The lowest BCUT2D eigenvalue weighted by molar-refractivity contribution is -0.286. The van der Waals surface area contributed by atoms with Crippen molar-refractivity contribution < 1.29 is 52.2 Å². The largest absolute Gasteiger partial charge is 0.397 e. The molecule has 5 aliphatic rings. The molecule has 44 heavy (non-hydrogen) atoms. The van der Waals surface area contributed by atoms with Crippen LogP contribution in [0.3, 0.4) is 0 Å². The Morgan fingerprint density at radius 2 is 1.55 bits per heavy atom. The van der Waals surface area contributed by atoms with Gasteiger partial charge < -0.3 is 35.0 Å². The zero-order valence-electron chi connectivity index (χ0n) is 26.9. The van der Waals surface area contributed by atoms with E-state index < -0.39 is 53.3 Å². The minimum absolute atomic E-state index is 0.0120. The van der Waals surface area contributed by atoms with Gasteiger partial charge in [0.2, 0.25) is 0 Å². The fourth-order valence-electron chi connectivity index (χ4n) is 10.8. The van der Waals surface area contributed by atoms with E-state index in [1.54, 1.807) is 0 Å². The van der Waals surface area contributed by atoms with Gasteiger partial charge in [-0.2, -0.15) is 8.42 Å². The molecule has 5 fully saturated rings. The van der Waals surface area contributed by atoms with Gasteiger partial charge in [0, 0.05) is 0 Å². The average Bonchev–Trinajstić information content (AvgIpc) is 3.22. The van der Waals surface area contributed by atoms with E-state index >= 15 is 0 Å². The minimum Gasteiger partial charge on any atom is -0.393 e. The molecule has 0 aromatic rings. The van der Waals surface area contributed by atoms with E-state index in [2.05, 4.69) is 20.8 Å². The molecule has 0 radical (unpaired) electrons. The van der Waals surface area contributed by atoms with Crippen molar-refractivity contribution in [3.63, 3.8) is 0 Å². The topological polar surface area (TPSA) is 183 Å². The van der Waals surface area contributed by atoms with Gasteiger partial charge in [0.15, 0.2) is 6.29 Å². The first kappa shape index (κ1) is 34.9. The van der Waals surface area contributed by atoms with E-state index in [1.807, 2.05) is 13.8 Å². The molecule has 4 saturated carbocycles. The molecule has 4 aliphatic carbocycles. The second kappa shape index (κ2) is 12.9. The summed E-state index contributed by atoms with van der Waals surface area (Å²) in [6.07, 6.45) is -0.441. The molecule has 0 aromatic heterocycles. The van der Waals surface area contributed by atoms with E-state index in [4.69, 9.17) is 13.7 Å². The fraction of sp³-hybridized carbons (Fsp3) is 1.00. The van der Waals surface area contributed by atoms with E-state index in [0.717, 1.165) is 25.7 Å². The van der Waals surface area contributed by atoms with Crippen LogP contribution in [0.4, 0.5) is 0 Å². The van der Waals surface area contributed by atoms with Crippen molar-refractivity contribution >= 4 is 10.4 Å². The number of hydrogen-bond acceptors (Lipinski definition) is 10. The highest BCUT2D eigenvalue weighted by atomic mass is 32.3. The molecule has 16 atom stereocenters. The zero-order chi connectivity index (χ0) is 32.4. The number of fused-ring (bicyclic) bond motifs is 5. The van der Waals surface area contributed by atoms with Crippen molar-refractivity contribution in [2.24, 2.45) is 52.3 Å². The summed E-state index contributed by atoms with van der Waals surface area (Å²) in [5, 5.41) is 52.2. The minimum atomic E-state index is -4.69. The first-order valence-corrected chi connectivity index (χ1v) is 18.2. The summed E-state index contributed by atoms with van der Waals surface area (Å²) in [4.78, 5) is 0. The van der Waals surface area contributed by atoms with Crippen molar-refractivity contribution in [3.8, 4) is 0 Å². The third-order valence-electron chi connectivity index (χ3n) is 13.0. The van der Waals surface area contributed by atoms with Crippen LogP contribution in [0.5, 0.6) is 0 Å². The van der Waals surface area contributed by atoms with Gasteiger partial charge in [-0.05, 0) is 110 Å². The lowest BCUT2D eigenvalue weighted by atomic mass is 9.43. The Labute approximate surface area is 262 Å². The van der Waals surface area contributed by atoms with Gasteiger partial charge in [0.1, 0.15) is 18.3 Å². The zero-order valence-corrected chi connectivity index (χ0v) is 27.7. The van der Waals surface area contributed by atoms with Gasteiger partial charge >= 0.3 is 10.4 Å². The van der Waals surface area contributed by atoms with Gasteiger partial charge in [0.05, 0.1) is 31.0 Å². The number of aliphatic hydroxyl groups excluding tert-OH is 5. The molecule has 6 N–H and O–H groups in total. The molecule has 0 unspecified atom stereocenters. The van der Waals surface area contributed by atoms with Crippen LogP contribution in [0.25, 0.3) is 0 Å². The van der Waals surface area contributed by atoms with Crippen molar-refractivity contribution in [2.45, 2.75) is 141 Å². The Bertz CT molecular complexity index is 1100. The molecule has 0 amide bonds. The number of ether oxygens (including phenoxy) is 2. The predicted octanol–water partition coefficient (Wildman–Crippen LogP) is 2.67. The third kappa shape index (κ3) is 6.51. The molecule has 0 aromatic carbocycles. The van der Waals surface area contributed by atoms with Crippen LogP contribution in [-0.2, 0) is 24.1 Å². The van der Waals surface area contributed by atoms with Crippen molar-refractivity contribution in [1.82, 2.24) is 0 Å². The van der Waals surface area contributed by atoms with E-state index in [1.165, 1.54) is 0 Å². The lowest BCUT2D eigenvalue weighted by Gasteiger charge is -2.62. The molecule has 5 rings (SSSR count). The number of rotatable bonds is 9. The average molecular weight is 649 g/mol. The van der Waals surface area contributed by atoms with Crippen LogP contribution < -0.4 is 0 Å². The van der Waals surface area contributed by atoms with Gasteiger partial charge in [-0.3, -0.25) is 4.55 Å². The van der Waals surface area contributed by atoms with Crippen LogP contribution in [0.2, 0.25) is 0 Å². The Morgan fingerprint density at radius 1 is 0.864 bits per heavy atom. The summed E-state index contributed by atoms with van der Waals surface area (Å²) in [6.45, 7) is 10.6. The van der Waals surface area contributed by atoms with Gasteiger partial charge in [-0.1, -0.05) is 34.6 Å². The molecule has 0 spiro atoms. The van der Waals surface area contributed by atoms with Crippen LogP contribution in [0.1, 0.15) is 92.4 Å². The Hall–Kier alpha value is -0.410. The normalized spacial score (nSPS) is 49.2. The quantitative estimate of drug-likeness (QED) is 0.202. The van der Waals surface area contributed by atoms with Crippen LogP contribution in [-0.4, -0.2) is 94.1 Å². The van der Waals surface area contributed by atoms with Gasteiger partial charge in [-0.25, -0.2) is 4.18 Å². The molecule has 256 valence electrons. The monoisotopic (exact) mass is 648 g/mol. The molecule has 1 aliphatic heterocycles. The summed E-state index contributed by atoms with van der Waals surface area (Å²) in [6, 6.07) is 0. The smallest absolute Gasteiger partial charge is 0.393 e. The molecule has 1 saturated heterocycles. The van der Waals surface area contributed by atoms with E-state index in [-0.39, 0.29) is 65.0 Å². The summed E-state index contributed by atoms with van der Waals surface area (Å²) >= 11 is 0. The summed E-state index contributed by atoms with van der Waals surface area (Å²) < 4.78 is 51.2. The Kier molecular flexibility index (Phi) is 10.2. The van der Waals surface area contributed by atoms with Crippen molar-refractivity contribution in [3.05, 3.63) is 0 Å². The highest BCUT2D eigenvalue weighted by Gasteiger charge is 2.65. The molecule has 11 nitrogen and oxygen atoms in total. The van der Waals surface area contributed by atoms with Crippen LogP contribution in [0.15, 0.2) is 0 Å². The SMILES string of the molecule is CC(C)[C@H](CC[C@@H](C)[C@H]1C[C@H](OS(=O)(=O)O)[C@H]2[C@H]3C[C@H](O)[C@H]4C[C@@H](O)CC[C@]4(C)[C@H]3CC[C@@]21C)O[C@@H]1OC[C@@H](O)[C@H](O)[C@H]1O. The van der Waals surface area contributed by atoms with Gasteiger partial charge in [0.25, 0.3) is 0 Å². The first-order valence-electron chi connectivity index (χ1n) is 16.8. The molecule has 0 bridgehead atoms. The summed E-state index contributed by atoms with van der Waals surface area (Å²) in [5.74, 6) is 0.540. The third-order valence-corrected chi connectivity index (χ3v) is 13.5. The predicted molar refractivity (Wildman–Crippen MR) is 160 cm³/mol. The highest BCUT2D eigenvalue weighted by Crippen LogP contribution is 2.69. The fourth-order valence-corrected chi connectivity index (χ4v) is 11.3. The molecule has 1 heterocycles.